The van der Waals surface area contributed by atoms with E-state index in [4.69, 9.17) is 9.84 Å². The largest absolute Gasteiger partial charge is 0.478 e. The van der Waals surface area contributed by atoms with Gasteiger partial charge in [-0.25, -0.2) is 4.79 Å². The van der Waals surface area contributed by atoms with E-state index in [0.29, 0.717) is 24.3 Å². The van der Waals surface area contributed by atoms with E-state index in [0.717, 1.165) is 6.07 Å². The molecule has 0 aromatic carbocycles. The molecule has 0 fully saturated rings. The van der Waals surface area contributed by atoms with E-state index in [1.54, 1.807) is 0 Å². The second-order valence-corrected chi connectivity index (χ2v) is 3.11. The van der Waals surface area contributed by atoms with E-state index in [1.165, 1.54) is 0 Å². The molecule has 0 saturated heterocycles. The van der Waals surface area contributed by atoms with Gasteiger partial charge in [-0.2, -0.15) is 0 Å². The van der Waals surface area contributed by atoms with Gasteiger partial charge in [0.05, 0.1) is 18.8 Å². The van der Waals surface area contributed by atoms with Gasteiger partial charge >= 0.3 is 5.97 Å². The Balaban J connectivity index is 2.64. The van der Waals surface area contributed by atoms with Crippen molar-refractivity contribution in [1.82, 2.24) is 4.98 Å². The predicted molar refractivity (Wildman–Crippen MR) is 47.4 cm³/mol. The van der Waals surface area contributed by atoms with Crippen LogP contribution in [0.4, 0.5) is 0 Å². The highest BCUT2D eigenvalue weighted by Crippen LogP contribution is 2.17. The summed E-state index contributed by atoms with van der Waals surface area (Å²) in [5, 5.41) is 8.86. The molecular formula is C9H9NO4. The summed E-state index contributed by atoms with van der Waals surface area (Å²) < 4.78 is 5.14. The van der Waals surface area contributed by atoms with Gasteiger partial charge in [0.25, 0.3) is 0 Å². The molecule has 0 atom stereocenters. The normalized spacial score (nSPS) is 14.9. The van der Waals surface area contributed by atoms with Crippen molar-refractivity contribution in [3.63, 3.8) is 0 Å². The van der Waals surface area contributed by atoms with Crippen molar-refractivity contribution in [3.8, 4) is 0 Å². The number of hydrogen-bond donors (Lipinski definition) is 2. The summed E-state index contributed by atoms with van der Waals surface area (Å²) in [4.78, 5) is 24.5. The second-order valence-electron chi connectivity index (χ2n) is 3.11. The Labute approximate surface area is 79.3 Å². The minimum absolute atomic E-state index is 0.0449. The van der Waals surface area contributed by atoms with E-state index in [9.17, 15) is 9.59 Å². The Morgan fingerprint density at radius 2 is 2.36 bits per heavy atom. The molecule has 5 heteroatoms. The molecule has 0 bridgehead atoms. The van der Waals surface area contributed by atoms with Gasteiger partial charge in [0.1, 0.15) is 0 Å². The number of pyridine rings is 1. The summed E-state index contributed by atoms with van der Waals surface area (Å²) in [6, 6.07) is 1.09. The molecule has 0 amide bonds. The highest BCUT2D eigenvalue weighted by atomic mass is 16.5. The van der Waals surface area contributed by atoms with Gasteiger partial charge in [-0.15, -0.1) is 0 Å². The van der Waals surface area contributed by atoms with Crippen molar-refractivity contribution in [2.75, 3.05) is 6.61 Å². The van der Waals surface area contributed by atoms with E-state index >= 15 is 0 Å². The van der Waals surface area contributed by atoms with Crippen LogP contribution in [-0.4, -0.2) is 22.7 Å². The Morgan fingerprint density at radius 1 is 1.57 bits per heavy atom. The van der Waals surface area contributed by atoms with Crippen molar-refractivity contribution in [3.05, 3.63) is 33.2 Å². The Bertz CT molecular complexity index is 435. The number of aromatic carboxylic acids is 1. The van der Waals surface area contributed by atoms with Crippen LogP contribution in [0.3, 0.4) is 0 Å². The van der Waals surface area contributed by atoms with Gasteiger partial charge in [-0.05, 0) is 0 Å². The minimum atomic E-state index is -1.09. The molecule has 1 aliphatic heterocycles. The fraction of sp³-hybridized carbons (Fsp3) is 0.333. The lowest BCUT2D eigenvalue weighted by Gasteiger charge is -2.17. The number of fused-ring (bicyclic) bond motifs is 1. The van der Waals surface area contributed by atoms with Crippen LogP contribution in [0, 0.1) is 0 Å². The maximum absolute atomic E-state index is 11.1. The monoisotopic (exact) mass is 195 g/mol. The zero-order chi connectivity index (χ0) is 10.1. The van der Waals surface area contributed by atoms with Crippen LogP contribution in [0.2, 0.25) is 0 Å². The Morgan fingerprint density at radius 3 is 3.07 bits per heavy atom. The third-order valence-electron chi connectivity index (χ3n) is 2.21. The lowest BCUT2D eigenvalue weighted by molar-refractivity contribution is 0.0680. The first-order valence-electron chi connectivity index (χ1n) is 4.24. The fourth-order valence-electron chi connectivity index (χ4n) is 1.56. The summed E-state index contributed by atoms with van der Waals surface area (Å²) in [6.45, 7) is 0.778. The number of rotatable bonds is 1. The molecule has 0 unspecified atom stereocenters. The van der Waals surface area contributed by atoms with Crippen LogP contribution >= 0.6 is 0 Å². The van der Waals surface area contributed by atoms with E-state index in [-0.39, 0.29) is 17.7 Å². The topological polar surface area (TPSA) is 79.4 Å². The lowest BCUT2D eigenvalue weighted by atomic mass is 10.0. The zero-order valence-electron chi connectivity index (χ0n) is 7.37. The summed E-state index contributed by atoms with van der Waals surface area (Å²) in [5.74, 6) is -1.09. The highest BCUT2D eigenvalue weighted by Gasteiger charge is 2.18. The first-order valence-corrected chi connectivity index (χ1v) is 4.24. The number of aromatic amines is 1. The predicted octanol–water partition coefficient (Wildman–Crippen LogP) is 0.146. The first kappa shape index (κ1) is 8.96. The molecule has 0 radical (unpaired) electrons. The average molecular weight is 195 g/mol. The summed E-state index contributed by atoms with van der Waals surface area (Å²) in [7, 11) is 0. The molecule has 0 spiro atoms. The van der Waals surface area contributed by atoms with Crippen molar-refractivity contribution in [1.29, 1.82) is 0 Å². The number of hydrogen-bond acceptors (Lipinski definition) is 3. The molecule has 0 aliphatic carbocycles. The van der Waals surface area contributed by atoms with Crippen LogP contribution in [0.5, 0.6) is 0 Å². The molecule has 5 nitrogen and oxygen atoms in total. The molecule has 0 saturated carbocycles. The van der Waals surface area contributed by atoms with Crippen LogP contribution in [0.1, 0.15) is 21.6 Å². The number of carboxylic acids is 1. The molecule has 2 rings (SSSR count). The molecule has 2 N–H and O–H groups in total. The summed E-state index contributed by atoms with van der Waals surface area (Å²) in [6.07, 6.45) is 0.561. The quantitative estimate of drug-likeness (QED) is 0.668. The van der Waals surface area contributed by atoms with Gasteiger partial charge in [0.15, 0.2) is 0 Å². The van der Waals surface area contributed by atoms with E-state index in [1.807, 2.05) is 0 Å². The molecule has 2 heterocycles. The maximum atomic E-state index is 11.1. The van der Waals surface area contributed by atoms with Crippen LogP contribution in [0.15, 0.2) is 10.9 Å². The Kier molecular flexibility index (Phi) is 2.09. The van der Waals surface area contributed by atoms with Crippen molar-refractivity contribution in [2.45, 2.75) is 13.0 Å². The molecule has 1 aliphatic rings. The molecular weight excluding hydrogens is 186 g/mol. The van der Waals surface area contributed by atoms with Crippen molar-refractivity contribution in [2.24, 2.45) is 0 Å². The molecule has 74 valence electrons. The van der Waals surface area contributed by atoms with Crippen LogP contribution < -0.4 is 5.56 Å². The van der Waals surface area contributed by atoms with Crippen LogP contribution in [-0.2, 0) is 17.8 Å². The van der Waals surface area contributed by atoms with Crippen LogP contribution in [0.25, 0.3) is 0 Å². The maximum Gasteiger partial charge on any atom is 0.336 e. The van der Waals surface area contributed by atoms with Crippen molar-refractivity contribution < 1.29 is 14.6 Å². The molecule has 1 aromatic rings. The standard InChI is InChI=1S/C9H9NO4/c11-8-3-5(9(12)13)6-4-14-2-1-7(6)10-8/h3H,1-2,4H2,(H,10,11)(H,12,13). The van der Waals surface area contributed by atoms with Crippen molar-refractivity contribution >= 4 is 5.97 Å². The number of H-pyrrole nitrogens is 1. The smallest absolute Gasteiger partial charge is 0.336 e. The van der Waals surface area contributed by atoms with Gasteiger partial charge in [0.2, 0.25) is 5.56 Å². The number of ether oxygens (including phenoxy) is 1. The van der Waals surface area contributed by atoms with E-state index < -0.39 is 5.97 Å². The van der Waals surface area contributed by atoms with E-state index in [2.05, 4.69) is 4.98 Å². The first-order chi connectivity index (χ1) is 6.68. The zero-order valence-corrected chi connectivity index (χ0v) is 7.37. The molecule has 1 aromatic heterocycles. The highest BCUT2D eigenvalue weighted by molar-refractivity contribution is 5.89. The van der Waals surface area contributed by atoms with Gasteiger partial charge in [-0.1, -0.05) is 0 Å². The fourth-order valence-corrected chi connectivity index (χ4v) is 1.56. The van der Waals surface area contributed by atoms with Gasteiger partial charge in [-0.3, -0.25) is 4.79 Å². The average Bonchev–Trinajstić information content (AvgIpc) is 2.16. The Hall–Kier alpha value is -1.62. The number of carbonyl (C=O) groups is 1. The van der Waals surface area contributed by atoms with Gasteiger partial charge < -0.3 is 14.8 Å². The summed E-state index contributed by atoms with van der Waals surface area (Å²) >= 11 is 0. The third-order valence-corrected chi connectivity index (χ3v) is 2.21. The summed E-state index contributed by atoms with van der Waals surface area (Å²) in [5.41, 5.74) is 0.941. The number of nitrogens with one attached hydrogen (secondary N) is 1. The number of aromatic nitrogens is 1. The third kappa shape index (κ3) is 1.42. The second kappa shape index (κ2) is 3.26. The molecule has 14 heavy (non-hydrogen) atoms. The SMILES string of the molecule is O=C(O)c1cc(=O)[nH]c2c1COCC2. The number of carboxylic acid groups (broad SMARTS) is 1. The van der Waals surface area contributed by atoms with Gasteiger partial charge in [0, 0.05) is 23.7 Å². The lowest BCUT2D eigenvalue weighted by Crippen LogP contribution is -2.22. The minimum Gasteiger partial charge on any atom is -0.478 e.